The Kier molecular flexibility index (Phi) is 23.5. The molecular formula is C39H34Cl4Fe2N6. The molecule has 4 aromatic carbocycles. The molecule has 0 spiro atoms. The summed E-state index contributed by atoms with van der Waals surface area (Å²) in [6, 6.07) is 50.8. The first-order valence-corrected chi connectivity index (χ1v) is 20.7. The van der Waals surface area contributed by atoms with Crippen LogP contribution in [0.4, 0.5) is 22.7 Å². The Bertz CT molecular complexity index is 1630. The molecule has 2 aromatic heterocycles. The van der Waals surface area contributed by atoms with E-state index in [9.17, 15) is 0 Å². The molecule has 6 nitrogen and oxygen atoms in total. The topological polar surface area (TPSA) is 75.2 Å². The van der Waals surface area contributed by atoms with Gasteiger partial charge in [0.25, 0.3) is 0 Å². The second kappa shape index (κ2) is 27.7. The molecule has 0 N–H and O–H groups in total. The number of aromatic nitrogens is 2. The van der Waals surface area contributed by atoms with E-state index in [2.05, 4.69) is 29.9 Å². The quantitative estimate of drug-likeness (QED) is 0.113. The van der Waals surface area contributed by atoms with Crippen LogP contribution in [0.15, 0.2) is 178 Å². The SMILES string of the molecule is C.C(=Nc1ccccc1)c1cccc(C=Nc2ccccc2)n1.C(=Nc1ccccc1)c1cccc(C=Nc2ccccc2)n1.[Cl][Fe][Cl].[Cl][Fe][Cl]. The van der Waals surface area contributed by atoms with E-state index >= 15 is 0 Å². The van der Waals surface area contributed by atoms with Crippen LogP contribution >= 0.6 is 40.4 Å². The molecule has 12 heteroatoms. The van der Waals surface area contributed by atoms with E-state index in [0.717, 1.165) is 45.5 Å². The van der Waals surface area contributed by atoms with Gasteiger partial charge in [0.1, 0.15) is 0 Å². The third-order valence-corrected chi connectivity index (χ3v) is 5.99. The molecule has 0 saturated carbocycles. The first kappa shape index (κ1) is 43.2. The van der Waals surface area contributed by atoms with Gasteiger partial charge in [-0.3, -0.25) is 20.0 Å². The molecule has 264 valence electrons. The Hall–Kier alpha value is -3.94. The van der Waals surface area contributed by atoms with E-state index in [-0.39, 0.29) is 33.7 Å². The number of nitrogens with zero attached hydrogens (tertiary/aromatic N) is 6. The van der Waals surface area contributed by atoms with Crippen LogP contribution in [0.5, 0.6) is 0 Å². The van der Waals surface area contributed by atoms with E-state index in [4.69, 9.17) is 40.4 Å². The molecule has 0 saturated heterocycles. The van der Waals surface area contributed by atoms with Gasteiger partial charge in [-0.2, -0.15) is 0 Å². The summed E-state index contributed by atoms with van der Waals surface area (Å²) in [5.41, 5.74) is 6.86. The van der Waals surface area contributed by atoms with Gasteiger partial charge in [-0.1, -0.05) is 92.4 Å². The first-order valence-electron chi connectivity index (χ1n) is 14.6. The molecule has 0 atom stereocenters. The summed E-state index contributed by atoms with van der Waals surface area (Å²) >= 11 is 0.389. The van der Waals surface area contributed by atoms with Crippen molar-refractivity contribution >= 4 is 88.0 Å². The maximum atomic E-state index is 4.76. The van der Waals surface area contributed by atoms with Crippen molar-refractivity contribution in [3.05, 3.63) is 181 Å². The monoisotopic (exact) mass is 838 g/mol. The van der Waals surface area contributed by atoms with E-state index in [1.54, 1.807) is 24.9 Å². The number of benzene rings is 4. The van der Waals surface area contributed by atoms with Crippen LogP contribution in [0.2, 0.25) is 0 Å². The summed E-state index contributed by atoms with van der Waals surface area (Å²) in [5, 5.41) is 0. The Morgan fingerprint density at radius 2 is 0.529 bits per heavy atom. The van der Waals surface area contributed by atoms with Crippen molar-refractivity contribution in [3.63, 3.8) is 0 Å². The molecule has 0 fully saturated rings. The summed E-state index contributed by atoms with van der Waals surface area (Å²) in [6.07, 6.45) is 7.04. The number of aliphatic imine (C=N–C) groups is 4. The third-order valence-electron chi connectivity index (χ3n) is 5.99. The number of rotatable bonds is 8. The second-order valence-corrected chi connectivity index (χ2v) is 13.1. The number of para-hydroxylation sites is 4. The van der Waals surface area contributed by atoms with Crippen LogP contribution < -0.4 is 0 Å². The normalized spacial score (nSPS) is 10.6. The molecule has 0 aliphatic rings. The molecule has 0 radical (unpaired) electrons. The van der Waals surface area contributed by atoms with E-state index in [1.165, 1.54) is 0 Å². The Labute approximate surface area is 329 Å². The standard InChI is InChI=1S/2C19H15N3.CH4.4ClH.2Fe/c2*1-3-8-16(9-4-1)20-14-18-12-7-13-19(22-18)15-21-17-10-5-2-6-11-17;;;;;;;/h2*1-15H;1H4;4*1H;;/q;;;;;;;2*+2/p-4. The zero-order valence-electron chi connectivity index (χ0n) is 26.2. The van der Waals surface area contributed by atoms with Gasteiger partial charge in [0.05, 0.1) is 70.4 Å². The number of pyridine rings is 2. The number of halogens is 4. The van der Waals surface area contributed by atoms with Crippen LogP contribution in [0.1, 0.15) is 30.2 Å². The van der Waals surface area contributed by atoms with Gasteiger partial charge in [0.15, 0.2) is 0 Å². The third kappa shape index (κ3) is 19.3. The molecule has 0 aliphatic carbocycles. The zero-order valence-corrected chi connectivity index (χ0v) is 31.5. The average Bonchev–Trinajstić information content (AvgIpc) is 3.18. The average molecular weight is 840 g/mol. The molecule has 51 heavy (non-hydrogen) atoms. The van der Waals surface area contributed by atoms with Gasteiger partial charge >= 0.3 is 66.7 Å². The molecule has 0 unspecified atom stereocenters. The van der Waals surface area contributed by atoms with Crippen molar-refractivity contribution in [1.29, 1.82) is 0 Å². The van der Waals surface area contributed by atoms with Crippen LogP contribution in [0, 0.1) is 0 Å². The molecule has 2 heterocycles. The predicted molar refractivity (Wildman–Crippen MR) is 213 cm³/mol. The van der Waals surface area contributed by atoms with Gasteiger partial charge in [0, 0.05) is 0 Å². The summed E-state index contributed by atoms with van der Waals surface area (Å²) in [5.74, 6) is 0. The van der Waals surface area contributed by atoms with Crippen LogP contribution in [0.25, 0.3) is 0 Å². The zero-order chi connectivity index (χ0) is 35.5. The second-order valence-electron chi connectivity index (χ2n) is 9.45. The van der Waals surface area contributed by atoms with E-state index in [0.29, 0.717) is 0 Å². The fourth-order valence-corrected chi connectivity index (χ4v) is 3.84. The molecule has 6 rings (SSSR count). The number of hydrogen-bond donors (Lipinski definition) is 0. The fraction of sp³-hybridized carbons (Fsp3) is 0.0256. The van der Waals surface area contributed by atoms with Gasteiger partial charge < -0.3 is 0 Å². The number of hydrogen-bond acceptors (Lipinski definition) is 6. The van der Waals surface area contributed by atoms with Crippen molar-refractivity contribution in [2.75, 3.05) is 0 Å². The summed E-state index contributed by atoms with van der Waals surface area (Å²) < 4.78 is 0. The van der Waals surface area contributed by atoms with Crippen molar-refractivity contribution in [3.8, 4) is 0 Å². The Morgan fingerprint density at radius 3 is 0.725 bits per heavy atom. The Morgan fingerprint density at radius 1 is 0.333 bits per heavy atom. The molecule has 0 aliphatic heterocycles. The van der Waals surface area contributed by atoms with Crippen molar-refractivity contribution < 1.29 is 26.3 Å². The first-order chi connectivity index (χ1) is 24.6. The van der Waals surface area contributed by atoms with Crippen molar-refractivity contribution in [2.24, 2.45) is 20.0 Å². The minimum atomic E-state index is 0. The minimum absolute atomic E-state index is 0. The molecular weight excluding hydrogens is 806 g/mol. The molecule has 0 bridgehead atoms. The van der Waals surface area contributed by atoms with Gasteiger partial charge in [-0.05, 0) is 72.8 Å². The molecule has 6 aromatic rings. The summed E-state index contributed by atoms with van der Waals surface area (Å²) in [7, 11) is 19.1. The van der Waals surface area contributed by atoms with E-state index in [1.807, 2.05) is 158 Å². The Balaban J connectivity index is 0.000000301. The van der Waals surface area contributed by atoms with Crippen LogP contribution in [-0.4, -0.2) is 34.8 Å². The predicted octanol–water partition coefficient (Wildman–Crippen LogP) is 12.6. The maximum absolute atomic E-state index is 4.76. The van der Waals surface area contributed by atoms with Gasteiger partial charge in [-0.25, -0.2) is 9.97 Å². The molecule has 0 amide bonds. The van der Waals surface area contributed by atoms with Crippen LogP contribution in [-0.2, 0) is 26.3 Å². The van der Waals surface area contributed by atoms with Gasteiger partial charge in [-0.15, -0.1) is 0 Å². The summed E-state index contributed by atoms with van der Waals surface area (Å²) in [4.78, 5) is 26.6. The van der Waals surface area contributed by atoms with Gasteiger partial charge in [0.2, 0.25) is 0 Å². The van der Waals surface area contributed by atoms with E-state index < -0.39 is 0 Å². The fourth-order valence-electron chi connectivity index (χ4n) is 3.84. The van der Waals surface area contributed by atoms with Crippen molar-refractivity contribution in [1.82, 2.24) is 9.97 Å². The summed E-state index contributed by atoms with van der Waals surface area (Å²) in [6.45, 7) is 0. The van der Waals surface area contributed by atoms with Crippen LogP contribution in [0.3, 0.4) is 0 Å². The van der Waals surface area contributed by atoms with Crippen molar-refractivity contribution in [2.45, 2.75) is 7.43 Å².